The first-order valence-electron chi connectivity index (χ1n) is 6.64. The van der Waals surface area contributed by atoms with Gasteiger partial charge in [-0.25, -0.2) is 9.78 Å². The van der Waals surface area contributed by atoms with Gasteiger partial charge >= 0.3 is 5.97 Å². The van der Waals surface area contributed by atoms with Gasteiger partial charge in [0.2, 0.25) is 0 Å². The molecule has 0 spiro atoms. The molecule has 0 unspecified atom stereocenters. The van der Waals surface area contributed by atoms with Crippen molar-refractivity contribution in [2.75, 3.05) is 12.3 Å². The Morgan fingerprint density at radius 1 is 1.38 bits per heavy atom. The average molecular weight is 306 g/mol. The Balaban J connectivity index is 2.11. The van der Waals surface area contributed by atoms with E-state index in [4.69, 9.17) is 15.2 Å². The number of anilines is 1. The quantitative estimate of drug-likeness (QED) is 0.678. The fraction of sp³-hybridized carbons (Fsp3) is 0.333. The lowest BCUT2D eigenvalue weighted by Crippen LogP contribution is -2.09. The Hall–Kier alpha value is -2.08. The van der Waals surface area contributed by atoms with E-state index in [1.165, 1.54) is 11.3 Å². The Morgan fingerprint density at radius 3 is 2.76 bits per heavy atom. The fourth-order valence-electron chi connectivity index (χ4n) is 1.83. The molecule has 0 aliphatic heterocycles. The predicted octanol–water partition coefficient (Wildman–Crippen LogP) is 3.10. The van der Waals surface area contributed by atoms with Gasteiger partial charge < -0.3 is 15.2 Å². The molecular weight excluding hydrogens is 288 g/mol. The molecule has 0 bridgehead atoms. The van der Waals surface area contributed by atoms with Crippen molar-refractivity contribution < 1.29 is 14.3 Å². The van der Waals surface area contributed by atoms with E-state index < -0.39 is 5.97 Å². The van der Waals surface area contributed by atoms with Crippen LogP contribution in [0.25, 0.3) is 0 Å². The summed E-state index contributed by atoms with van der Waals surface area (Å²) in [6, 6.07) is 5.03. The van der Waals surface area contributed by atoms with Crippen molar-refractivity contribution in [1.29, 1.82) is 0 Å². The molecule has 21 heavy (non-hydrogen) atoms. The number of thiazole rings is 1. The van der Waals surface area contributed by atoms with E-state index in [1.54, 1.807) is 18.2 Å². The third-order valence-corrected chi connectivity index (χ3v) is 4.00. The highest BCUT2D eigenvalue weighted by atomic mass is 32.1. The SMILES string of the molecule is CCOc1c(N)cccc1C(=O)OCc1nc(C)c(C)s1. The summed E-state index contributed by atoms with van der Waals surface area (Å²) in [5.41, 5.74) is 7.55. The normalized spacial score (nSPS) is 10.4. The molecule has 1 aromatic heterocycles. The van der Waals surface area contributed by atoms with Crippen molar-refractivity contribution in [2.24, 2.45) is 0 Å². The fourth-order valence-corrected chi connectivity index (χ4v) is 2.67. The summed E-state index contributed by atoms with van der Waals surface area (Å²) in [5, 5.41) is 0.778. The summed E-state index contributed by atoms with van der Waals surface area (Å²) < 4.78 is 10.7. The van der Waals surface area contributed by atoms with E-state index in [0.29, 0.717) is 23.6 Å². The molecule has 112 valence electrons. The Bertz CT molecular complexity index is 633. The summed E-state index contributed by atoms with van der Waals surface area (Å²) >= 11 is 1.52. The number of esters is 1. The molecule has 1 heterocycles. The predicted molar refractivity (Wildman–Crippen MR) is 82.7 cm³/mol. The molecule has 0 aliphatic rings. The zero-order chi connectivity index (χ0) is 15.4. The monoisotopic (exact) mass is 306 g/mol. The zero-order valence-electron chi connectivity index (χ0n) is 12.3. The highest BCUT2D eigenvalue weighted by molar-refractivity contribution is 7.11. The number of nitrogen functional groups attached to an aromatic ring is 1. The van der Waals surface area contributed by atoms with E-state index in [2.05, 4.69) is 4.98 Å². The van der Waals surface area contributed by atoms with Crippen molar-refractivity contribution in [1.82, 2.24) is 4.98 Å². The average Bonchev–Trinajstić information content (AvgIpc) is 2.77. The molecule has 0 radical (unpaired) electrons. The second-order valence-corrected chi connectivity index (χ2v) is 5.77. The van der Waals surface area contributed by atoms with Crippen molar-refractivity contribution in [2.45, 2.75) is 27.4 Å². The molecule has 0 atom stereocenters. The van der Waals surface area contributed by atoms with Crippen LogP contribution in [0, 0.1) is 13.8 Å². The molecule has 2 N–H and O–H groups in total. The molecule has 2 aromatic rings. The van der Waals surface area contributed by atoms with Gasteiger partial charge in [-0.05, 0) is 32.9 Å². The number of nitrogens with zero attached hydrogens (tertiary/aromatic N) is 1. The van der Waals surface area contributed by atoms with Crippen LogP contribution in [0.4, 0.5) is 5.69 Å². The minimum atomic E-state index is -0.462. The van der Waals surface area contributed by atoms with Crippen molar-refractivity contribution in [3.05, 3.63) is 39.3 Å². The molecule has 5 nitrogen and oxygen atoms in total. The van der Waals surface area contributed by atoms with Gasteiger partial charge in [0, 0.05) is 4.88 Å². The highest BCUT2D eigenvalue weighted by Crippen LogP contribution is 2.27. The van der Waals surface area contributed by atoms with Gasteiger partial charge in [0.25, 0.3) is 0 Å². The van der Waals surface area contributed by atoms with Gasteiger partial charge in [-0.1, -0.05) is 6.07 Å². The van der Waals surface area contributed by atoms with Crippen LogP contribution in [0.1, 0.15) is 32.9 Å². The van der Waals surface area contributed by atoms with Gasteiger partial charge in [0.05, 0.1) is 18.0 Å². The molecule has 0 saturated carbocycles. The first kappa shape index (κ1) is 15.3. The van der Waals surface area contributed by atoms with Gasteiger partial charge in [-0.2, -0.15) is 0 Å². The number of nitrogens with two attached hydrogens (primary N) is 1. The van der Waals surface area contributed by atoms with Crippen LogP contribution in [0.2, 0.25) is 0 Å². The third kappa shape index (κ3) is 3.52. The highest BCUT2D eigenvalue weighted by Gasteiger charge is 2.17. The van der Waals surface area contributed by atoms with Crippen molar-refractivity contribution in [3.8, 4) is 5.75 Å². The first-order valence-corrected chi connectivity index (χ1v) is 7.46. The maximum Gasteiger partial charge on any atom is 0.342 e. The number of para-hydroxylation sites is 1. The van der Waals surface area contributed by atoms with Crippen LogP contribution in [-0.4, -0.2) is 17.6 Å². The Labute approximate surface area is 127 Å². The van der Waals surface area contributed by atoms with Gasteiger partial charge in [0.1, 0.15) is 17.2 Å². The smallest absolute Gasteiger partial charge is 0.342 e. The number of hydrogen-bond acceptors (Lipinski definition) is 6. The van der Waals surface area contributed by atoms with E-state index in [0.717, 1.165) is 15.6 Å². The third-order valence-electron chi connectivity index (χ3n) is 2.95. The lowest BCUT2D eigenvalue weighted by atomic mass is 10.2. The van der Waals surface area contributed by atoms with Gasteiger partial charge in [0.15, 0.2) is 5.75 Å². The maximum atomic E-state index is 12.2. The molecule has 0 saturated heterocycles. The number of carbonyl (C=O) groups is 1. The molecule has 0 aliphatic carbocycles. The lowest BCUT2D eigenvalue weighted by molar-refractivity contribution is 0.0468. The largest absolute Gasteiger partial charge is 0.491 e. The van der Waals surface area contributed by atoms with Crippen LogP contribution in [0.5, 0.6) is 5.75 Å². The minimum absolute atomic E-state index is 0.151. The number of rotatable bonds is 5. The van der Waals surface area contributed by atoms with Gasteiger partial charge in [-0.3, -0.25) is 0 Å². The van der Waals surface area contributed by atoms with Gasteiger partial charge in [-0.15, -0.1) is 11.3 Å². The second kappa shape index (κ2) is 6.58. The standard InChI is InChI=1S/C15H18N2O3S/c1-4-19-14-11(6-5-7-12(14)16)15(18)20-8-13-17-9(2)10(3)21-13/h5-7H,4,8,16H2,1-3H3. The number of benzene rings is 1. The molecular formula is C15H18N2O3S. The minimum Gasteiger partial charge on any atom is -0.491 e. The number of hydrogen-bond donors (Lipinski definition) is 1. The molecule has 0 fully saturated rings. The van der Waals surface area contributed by atoms with Crippen LogP contribution in [-0.2, 0) is 11.3 Å². The number of aromatic nitrogens is 1. The van der Waals surface area contributed by atoms with Crippen LogP contribution in [0.3, 0.4) is 0 Å². The molecule has 1 aromatic carbocycles. The summed E-state index contributed by atoms with van der Waals surface area (Å²) in [6.45, 7) is 6.34. The van der Waals surface area contributed by atoms with Crippen LogP contribution >= 0.6 is 11.3 Å². The van der Waals surface area contributed by atoms with E-state index in [-0.39, 0.29) is 6.61 Å². The van der Waals surface area contributed by atoms with E-state index in [1.807, 2.05) is 20.8 Å². The van der Waals surface area contributed by atoms with E-state index >= 15 is 0 Å². The zero-order valence-corrected chi connectivity index (χ0v) is 13.1. The molecule has 2 rings (SSSR count). The molecule has 6 heteroatoms. The van der Waals surface area contributed by atoms with Crippen molar-refractivity contribution in [3.63, 3.8) is 0 Å². The summed E-state index contributed by atoms with van der Waals surface area (Å²) in [5.74, 6) is -0.0900. The van der Waals surface area contributed by atoms with Crippen LogP contribution < -0.4 is 10.5 Å². The molecule has 0 amide bonds. The van der Waals surface area contributed by atoms with E-state index in [9.17, 15) is 4.79 Å². The maximum absolute atomic E-state index is 12.2. The Morgan fingerprint density at radius 2 is 2.14 bits per heavy atom. The first-order chi connectivity index (χ1) is 10.0. The van der Waals surface area contributed by atoms with Crippen LogP contribution in [0.15, 0.2) is 18.2 Å². The lowest BCUT2D eigenvalue weighted by Gasteiger charge is -2.11. The number of aryl methyl sites for hydroxylation is 2. The topological polar surface area (TPSA) is 74.4 Å². The number of carbonyl (C=O) groups excluding carboxylic acids is 1. The summed E-state index contributed by atoms with van der Waals surface area (Å²) in [7, 11) is 0. The van der Waals surface area contributed by atoms with Crippen molar-refractivity contribution >= 4 is 23.0 Å². The number of ether oxygens (including phenoxy) is 2. The second-order valence-electron chi connectivity index (χ2n) is 4.48. The Kier molecular flexibility index (Phi) is 4.80. The summed E-state index contributed by atoms with van der Waals surface area (Å²) in [4.78, 5) is 17.6. The summed E-state index contributed by atoms with van der Waals surface area (Å²) in [6.07, 6.45) is 0.